The molecule has 2 aliphatic rings. The lowest BCUT2D eigenvalue weighted by Gasteiger charge is -2.27. The zero-order chi connectivity index (χ0) is 18.9. The third-order valence-corrected chi connectivity index (χ3v) is 6.97. The summed E-state index contributed by atoms with van der Waals surface area (Å²) >= 11 is 8.03. The van der Waals surface area contributed by atoms with E-state index < -0.39 is 5.41 Å². The van der Waals surface area contributed by atoms with Crippen molar-refractivity contribution in [2.24, 2.45) is 0 Å². The molecule has 1 saturated carbocycles. The highest BCUT2D eigenvalue weighted by Crippen LogP contribution is 2.49. The largest absolute Gasteiger partial charge is 0.325 e. The minimum Gasteiger partial charge on any atom is -0.325 e. The normalized spacial score (nSPS) is 18.9. The minimum absolute atomic E-state index is 0.0967. The van der Waals surface area contributed by atoms with Crippen LogP contribution in [0, 0.1) is 6.92 Å². The Morgan fingerprint density at radius 2 is 1.85 bits per heavy atom. The monoisotopic (exact) mass is 400 g/mol. The first-order chi connectivity index (χ1) is 13.1. The van der Waals surface area contributed by atoms with E-state index in [0.717, 1.165) is 43.7 Å². The number of amides is 1. The van der Waals surface area contributed by atoms with Gasteiger partial charge in [-0.2, -0.15) is 11.8 Å². The van der Waals surface area contributed by atoms with Gasteiger partial charge >= 0.3 is 0 Å². The van der Waals surface area contributed by atoms with Gasteiger partial charge < -0.3 is 5.32 Å². The Kier molecular flexibility index (Phi) is 5.49. The van der Waals surface area contributed by atoms with Crippen molar-refractivity contribution < 1.29 is 4.79 Å². The Bertz CT molecular complexity index is 827. The van der Waals surface area contributed by atoms with Gasteiger partial charge in [-0.1, -0.05) is 35.9 Å². The number of rotatable bonds is 5. The van der Waals surface area contributed by atoms with E-state index in [-0.39, 0.29) is 5.91 Å². The van der Waals surface area contributed by atoms with Crippen LogP contribution in [0.1, 0.15) is 29.5 Å². The van der Waals surface area contributed by atoms with Crippen LogP contribution in [0.25, 0.3) is 0 Å². The van der Waals surface area contributed by atoms with Crippen molar-refractivity contribution in [2.75, 3.05) is 29.9 Å². The highest BCUT2D eigenvalue weighted by molar-refractivity contribution is 7.99. The topological polar surface area (TPSA) is 32.3 Å². The molecule has 27 heavy (non-hydrogen) atoms. The van der Waals surface area contributed by atoms with Crippen LogP contribution >= 0.6 is 23.4 Å². The maximum absolute atomic E-state index is 13.1. The Balaban J connectivity index is 1.50. The number of benzene rings is 2. The van der Waals surface area contributed by atoms with E-state index in [9.17, 15) is 4.79 Å². The molecule has 3 nitrogen and oxygen atoms in total. The quantitative estimate of drug-likeness (QED) is 0.777. The van der Waals surface area contributed by atoms with Gasteiger partial charge in [0.25, 0.3) is 0 Å². The number of halogens is 1. The summed E-state index contributed by atoms with van der Waals surface area (Å²) in [5, 5.41) is 3.91. The van der Waals surface area contributed by atoms with Crippen molar-refractivity contribution in [2.45, 2.75) is 31.7 Å². The molecule has 0 radical (unpaired) electrons. The fraction of sp³-hybridized carbons (Fsp3) is 0.409. The summed E-state index contributed by atoms with van der Waals surface area (Å²) in [5.74, 6) is 2.51. The lowest BCUT2D eigenvalue weighted by Crippen LogP contribution is -2.32. The number of thioether (sulfide) groups is 1. The summed E-state index contributed by atoms with van der Waals surface area (Å²) < 4.78 is 0. The second kappa shape index (κ2) is 7.86. The number of nitrogens with zero attached hydrogens (tertiary/aromatic N) is 1. The molecule has 0 aromatic heterocycles. The molecule has 2 fully saturated rings. The van der Waals surface area contributed by atoms with E-state index in [2.05, 4.69) is 29.3 Å². The van der Waals surface area contributed by atoms with Gasteiger partial charge in [0.1, 0.15) is 0 Å². The first-order valence-corrected chi connectivity index (χ1v) is 11.1. The molecule has 1 aliphatic heterocycles. The molecule has 142 valence electrons. The van der Waals surface area contributed by atoms with E-state index >= 15 is 0 Å². The van der Waals surface area contributed by atoms with E-state index in [1.807, 2.05) is 42.1 Å². The Morgan fingerprint density at radius 1 is 1.15 bits per heavy atom. The molecule has 5 heteroatoms. The van der Waals surface area contributed by atoms with Gasteiger partial charge in [0, 0.05) is 41.8 Å². The van der Waals surface area contributed by atoms with E-state index in [1.54, 1.807) is 0 Å². The molecule has 1 amide bonds. The first-order valence-electron chi connectivity index (χ1n) is 9.55. The molecule has 2 aromatic rings. The van der Waals surface area contributed by atoms with Crippen LogP contribution in [0.3, 0.4) is 0 Å². The Labute approximate surface area is 170 Å². The second-order valence-electron chi connectivity index (χ2n) is 7.52. The molecule has 0 atom stereocenters. The molecule has 0 unspecified atom stereocenters. The summed E-state index contributed by atoms with van der Waals surface area (Å²) in [4.78, 5) is 15.6. The minimum atomic E-state index is -0.392. The fourth-order valence-corrected chi connectivity index (χ4v) is 4.88. The maximum Gasteiger partial charge on any atom is 0.235 e. The standard InChI is InChI=1S/C22H25ClN2OS/c1-16-17(15-25-11-13-27-14-12-25)3-2-4-20(16)24-21(26)22(9-10-22)18-5-7-19(23)8-6-18/h2-8H,9-15H2,1H3,(H,24,26). The van der Waals surface area contributed by atoms with Crippen LogP contribution in [-0.2, 0) is 16.8 Å². The highest BCUT2D eigenvalue weighted by atomic mass is 35.5. The Morgan fingerprint density at radius 3 is 2.52 bits per heavy atom. The first kappa shape index (κ1) is 18.9. The number of nitrogens with one attached hydrogen (secondary N) is 1. The van der Waals surface area contributed by atoms with E-state index in [0.29, 0.717) is 5.02 Å². The van der Waals surface area contributed by atoms with Crippen molar-refractivity contribution in [3.8, 4) is 0 Å². The Hall–Kier alpha value is -1.49. The maximum atomic E-state index is 13.1. The van der Waals surface area contributed by atoms with Crippen LogP contribution in [0.4, 0.5) is 5.69 Å². The summed E-state index contributed by atoms with van der Waals surface area (Å²) in [6.07, 6.45) is 1.79. The van der Waals surface area contributed by atoms with E-state index in [1.165, 1.54) is 22.6 Å². The number of hydrogen-bond acceptors (Lipinski definition) is 3. The molecule has 0 spiro atoms. The van der Waals surface area contributed by atoms with Crippen molar-refractivity contribution in [1.82, 2.24) is 4.90 Å². The van der Waals surface area contributed by atoms with Crippen LogP contribution < -0.4 is 5.32 Å². The number of carbonyl (C=O) groups excluding carboxylic acids is 1. The van der Waals surface area contributed by atoms with Crippen LogP contribution in [0.15, 0.2) is 42.5 Å². The molecule has 1 N–H and O–H groups in total. The van der Waals surface area contributed by atoms with Crippen molar-refractivity contribution in [1.29, 1.82) is 0 Å². The van der Waals surface area contributed by atoms with E-state index in [4.69, 9.17) is 11.6 Å². The fourth-order valence-electron chi connectivity index (χ4n) is 3.77. The molecule has 4 rings (SSSR count). The molecular formula is C22H25ClN2OS. The summed E-state index contributed by atoms with van der Waals surface area (Å²) in [7, 11) is 0. The summed E-state index contributed by atoms with van der Waals surface area (Å²) in [5.41, 5.74) is 4.08. The third kappa shape index (κ3) is 4.03. The lowest BCUT2D eigenvalue weighted by molar-refractivity contribution is -0.118. The van der Waals surface area contributed by atoms with Gasteiger partial charge in [0.05, 0.1) is 5.41 Å². The summed E-state index contributed by atoms with van der Waals surface area (Å²) in [6, 6.07) is 13.9. The average molecular weight is 401 g/mol. The second-order valence-corrected chi connectivity index (χ2v) is 9.18. The third-order valence-electron chi connectivity index (χ3n) is 5.77. The molecule has 2 aromatic carbocycles. The number of anilines is 1. The van der Waals surface area contributed by atoms with Crippen LogP contribution in [-0.4, -0.2) is 35.4 Å². The zero-order valence-electron chi connectivity index (χ0n) is 15.6. The van der Waals surface area contributed by atoms with Crippen molar-refractivity contribution in [3.05, 3.63) is 64.2 Å². The number of carbonyl (C=O) groups is 1. The molecule has 1 saturated heterocycles. The molecule has 1 heterocycles. The van der Waals surface area contributed by atoms with Crippen molar-refractivity contribution in [3.63, 3.8) is 0 Å². The lowest BCUT2D eigenvalue weighted by atomic mass is 9.94. The van der Waals surface area contributed by atoms with Gasteiger partial charge in [0.15, 0.2) is 0 Å². The van der Waals surface area contributed by atoms with Gasteiger partial charge in [-0.15, -0.1) is 0 Å². The van der Waals surface area contributed by atoms with Gasteiger partial charge in [-0.25, -0.2) is 0 Å². The molecular weight excluding hydrogens is 376 g/mol. The highest BCUT2D eigenvalue weighted by Gasteiger charge is 2.51. The molecule has 1 aliphatic carbocycles. The van der Waals surface area contributed by atoms with Crippen LogP contribution in [0.2, 0.25) is 5.02 Å². The predicted molar refractivity (Wildman–Crippen MR) is 115 cm³/mol. The number of hydrogen-bond donors (Lipinski definition) is 1. The van der Waals surface area contributed by atoms with Crippen molar-refractivity contribution >= 4 is 35.0 Å². The molecule has 0 bridgehead atoms. The summed E-state index contributed by atoms with van der Waals surface area (Å²) in [6.45, 7) is 5.35. The van der Waals surface area contributed by atoms with Gasteiger partial charge in [0.2, 0.25) is 5.91 Å². The average Bonchev–Trinajstić information content (AvgIpc) is 3.48. The van der Waals surface area contributed by atoms with Gasteiger partial charge in [-0.3, -0.25) is 9.69 Å². The zero-order valence-corrected chi connectivity index (χ0v) is 17.2. The van der Waals surface area contributed by atoms with Gasteiger partial charge in [-0.05, 0) is 54.7 Å². The predicted octanol–water partition coefficient (Wildman–Crippen LogP) is 4.87. The SMILES string of the molecule is Cc1c(CN2CCSCC2)cccc1NC(=O)C1(c2ccc(Cl)cc2)CC1. The van der Waals surface area contributed by atoms with Crippen LogP contribution in [0.5, 0.6) is 0 Å². The smallest absolute Gasteiger partial charge is 0.235 e.